The van der Waals surface area contributed by atoms with Gasteiger partial charge in [-0.25, -0.2) is 4.98 Å². The van der Waals surface area contributed by atoms with Gasteiger partial charge in [0.25, 0.3) is 0 Å². The van der Waals surface area contributed by atoms with Crippen LogP contribution in [-0.2, 0) is 4.79 Å². The van der Waals surface area contributed by atoms with Gasteiger partial charge in [-0.2, -0.15) is 0 Å². The first kappa shape index (κ1) is 9.65. The Hall–Kier alpha value is -1.90. The van der Waals surface area contributed by atoms with Crippen LogP contribution in [0.5, 0.6) is 0 Å². The fraction of sp³-hybridized carbons (Fsp3) is 0.167. The van der Waals surface area contributed by atoms with Crippen LogP contribution in [0.15, 0.2) is 36.5 Å². The van der Waals surface area contributed by atoms with E-state index in [-0.39, 0.29) is 5.91 Å². The van der Waals surface area contributed by atoms with Gasteiger partial charge >= 0.3 is 0 Å². The third-order valence-electron chi connectivity index (χ3n) is 2.44. The lowest BCUT2D eigenvalue weighted by Gasteiger charge is -2.15. The van der Waals surface area contributed by atoms with E-state index >= 15 is 0 Å². The van der Waals surface area contributed by atoms with Crippen molar-refractivity contribution >= 4 is 22.5 Å². The first-order valence-corrected chi connectivity index (χ1v) is 4.78. The van der Waals surface area contributed by atoms with E-state index in [1.807, 2.05) is 30.3 Å². The molecule has 2 aromatic rings. The summed E-state index contributed by atoms with van der Waals surface area (Å²) in [6, 6.07) is 9.83. The van der Waals surface area contributed by atoms with Crippen molar-refractivity contribution in [3.8, 4) is 0 Å². The molecule has 0 aliphatic carbocycles. The molecule has 0 N–H and O–H groups in total. The second-order valence-corrected chi connectivity index (χ2v) is 3.43. The Morgan fingerprint density at radius 2 is 2.00 bits per heavy atom. The highest BCUT2D eigenvalue weighted by molar-refractivity contribution is 6.00. The second kappa shape index (κ2) is 3.69. The predicted octanol–water partition coefficient (Wildman–Crippen LogP) is 2.22. The summed E-state index contributed by atoms with van der Waals surface area (Å²) in [5.41, 5.74) is 0. The Morgan fingerprint density at radius 3 is 2.73 bits per heavy atom. The normalized spacial score (nSPS) is 10.3. The zero-order valence-corrected chi connectivity index (χ0v) is 8.77. The number of nitrogens with zero attached hydrogens (tertiary/aromatic N) is 2. The molecule has 0 saturated heterocycles. The van der Waals surface area contributed by atoms with E-state index in [2.05, 4.69) is 4.98 Å². The largest absolute Gasteiger partial charge is 0.300 e. The number of rotatable bonds is 1. The number of benzene rings is 1. The summed E-state index contributed by atoms with van der Waals surface area (Å²) in [6.07, 6.45) is 1.72. The summed E-state index contributed by atoms with van der Waals surface area (Å²) in [7, 11) is 1.73. The fourth-order valence-electron chi connectivity index (χ4n) is 1.52. The van der Waals surface area contributed by atoms with Crippen LogP contribution in [0.4, 0.5) is 5.82 Å². The summed E-state index contributed by atoms with van der Waals surface area (Å²) >= 11 is 0. The lowest BCUT2D eigenvalue weighted by atomic mass is 10.1. The molecule has 3 heteroatoms. The monoisotopic (exact) mass is 200 g/mol. The van der Waals surface area contributed by atoms with Gasteiger partial charge in [0.1, 0.15) is 5.82 Å². The molecular weight excluding hydrogens is 188 g/mol. The molecule has 0 radical (unpaired) electrons. The van der Waals surface area contributed by atoms with Gasteiger partial charge in [0, 0.05) is 25.6 Å². The first-order valence-electron chi connectivity index (χ1n) is 4.78. The molecular formula is C12H12N2O. The van der Waals surface area contributed by atoms with Crippen molar-refractivity contribution in [2.24, 2.45) is 0 Å². The number of amides is 1. The Kier molecular flexibility index (Phi) is 2.37. The topological polar surface area (TPSA) is 33.2 Å². The zero-order valence-electron chi connectivity index (χ0n) is 8.77. The number of hydrogen-bond donors (Lipinski definition) is 0. The van der Waals surface area contributed by atoms with E-state index in [0.29, 0.717) is 5.82 Å². The fourth-order valence-corrected chi connectivity index (χ4v) is 1.52. The lowest BCUT2D eigenvalue weighted by molar-refractivity contribution is -0.116. The van der Waals surface area contributed by atoms with Crippen molar-refractivity contribution in [2.75, 3.05) is 11.9 Å². The van der Waals surface area contributed by atoms with Crippen LogP contribution in [0, 0.1) is 0 Å². The number of carbonyl (C=O) groups is 1. The third kappa shape index (κ3) is 1.68. The molecule has 1 amide bonds. The molecule has 0 saturated carbocycles. The first-order chi connectivity index (χ1) is 7.20. The molecule has 76 valence electrons. The average molecular weight is 200 g/mol. The molecule has 1 aromatic carbocycles. The maximum Gasteiger partial charge on any atom is 0.224 e. The molecule has 1 heterocycles. The quantitative estimate of drug-likeness (QED) is 0.707. The van der Waals surface area contributed by atoms with Crippen LogP contribution in [-0.4, -0.2) is 17.9 Å². The van der Waals surface area contributed by atoms with Crippen LogP contribution in [0.25, 0.3) is 10.8 Å². The molecule has 0 aliphatic heterocycles. The van der Waals surface area contributed by atoms with E-state index in [1.165, 1.54) is 6.92 Å². The van der Waals surface area contributed by atoms with Gasteiger partial charge in [-0.1, -0.05) is 24.3 Å². The van der Waals surface area contributed by atoms with Crippen LogP contribution in [0.3, 0.4) is 0 Å². The minimum Gasteiger partial charge on any atom is -0.300 e. The Balaban J connectivity index is 2.65. The van der Waals surface area contributed by atoms with Crippen molar-refractivity contribution in [1.29, 1.82) is 0 Å². The summed E-state index contributed by atoms with van der Waals surface area (Å²) in [6.45, 7) is 1.53. The molecule has 15 heavy (non-hydrogen) atoms. The molecule has 0 unspecified atom stereocenters. The van der Waals surface area contributed by atoms with Gasteiger partial charge in [0.15, 0.2) is 0 Å². The zero-order chi connectivity index (χ0) is 10.8. The summed E-state index contributed by atoms with van der Waals surface area (Å²) in [5, 5.41) is 2.09. The Labute approximate surface area is 88.3 Å². The van der Waals surface area contributed by atoms with Crippen LogP contribution >= 0.6 is 0 Å². The molecule has 2 rings (SSSR count). The number of fused-ring (bicyclic) bond motifs is 1. The molecule has 0 bridgehead atoms. The second-order valence-electron chi connectivity index (χ2n) is 3.43. The number of aromatic nitrogens is 1. The Morgan fingerprint density at radius 1 is 1.27 bits per heavy atom. The lowest BCUT2D eigenvalue weighted by Crippen LogP contribution is -2.23. The molecule has 0 spiro atoms. The molecule has 0 atom stereocenters. The Bertz CT molecular complexity index is 502. The SMILES string of the molecule is CC(=O)N(C)c1nccc2ccccc12. The summed E-state index contributed by atoms with van der Waals surface area (Å²) in [4.78, 5) is 17.1. The van der Waals surface area contributed by atoms with Crippen LogP contribution in [0.2, 0.25) is 0 Å². The van der Waals surface area contributed by atoms with Crippen molar-refractivity contribution in [2.45, 2.75) is 6.92 Å². The highest BCUT2D eigenvalue weighted by Gasteiger charge is 2.09. The standard InChI is InChI=1S/C12H12N2O/c1-9(15)14(2)12-11-6-4-3-5-10(11)7-8-13-12/h3-8H,1-2H3. The maximum atomic E-state index is 11.3. The number of anilines is 1. The van der Waals surface area contributed by atoms with E-state index in [1.54, 1.807) is 18.1 Å². The molecule has 1 aromatic heterocycles. The van der Waals surface area contributed by atoms with Gasteiger partial charge in [0.2, 0.25) is 5.91 Å². The van der Waals surface area contributed by atoms with Crippen molar-refractivity contribution < 1.29 is 4.79 Å². The van der Waals surface area contributed by atoms with Gasteiger partial charge in [-0.15, -0.1) is 0 Å². The average Bonchev–Trinajstić information content (AvgIpc) is 2.27. The van der Waals surface area contributed by atoms with Gasteiger partial charge in [0.05, 0.1) is 0 Å². The van der Waals surface area contributed by atoms with Gasteiger partial charge in [-0.3, -0.25) is 9.69 Å². The van der Waals surface area contributed by atoms with Crippen molar-refractivity contribution in [1.82, 2.24) is 4.98 Å². The van der Waals surface area contributed by atoms with Gasteiger partial charge < -0.3 is 0 Å². The van der Waals surface area contributed by atoms with Crippen LogP contribution < -0.4 is 4.90 Å². The molecule has 3 nitrogen and oxygen atoms in total. The number of pyridine rings is 1. The number of hydrogen-bond acceptors (Lipinski definition) is 2. The van der Waals surface area contributed by atoms with E-state index < -0.39 is 0 Å². The van der Waals surface area contributed by atoms with Gasteiger partial charge in [-0.05, 0) is 11.5 Å². The summed E-state index contributed by atoms with van der Waals surface area (Å²) < 4.78 is 0. The number of carbonyl (C=O) groups excluding carboxylic acids is 1. The predicted molar refractivity (Wildman–Crippen MR) is 60.8 cm³/mol. The molecule has 0 aliphatic rings. The summed E-state index contributed by atoms with van der Waals surface area (Å²) in [5.74, 6) is 0.694. The highest BCUT2D eigenvalue weighted by atomic mass is 16.2. The van der Waals surface area contributed by atoms with Crippen LogP contribution in [0.1, 0.15) is 6.92 Å². The smallest absolute Gasteiger partial charge is 0.224 e. The van der Waals surface area contributed by atoms with Crippen molar-refractivity contribution in [3.63, 3.8) is 0 Å². The third-order valence-corrected chi connectivity index (χ3v) is 2.44. The maximum absolute atomic E-state index is 11.3. The van der Waals surface area contributed by atoms with E-state index in [0.717, 1.165) is 10.8 Å². The minimum atomic E-state index is -0.0150. The van der Waals surface area contributed by atoms with E-state index in [4.69, 9.17) is 0 Å². The minimum absolute atomic E-state index is 0.0150. The highest BCUT2D eigenvalue weighted by Crippen LogP contribution is 2.22. The van der Waals surface area contributed by atoms with E-state index in [9.17, 15) is 4.79 Å². The van der Waals surface area contributed by atoms with Crippen molar-refractivity contribution in [3.05, 3.63) is 36.5 Å². The molecule has 0 fully saturated rings.